The third kappa shape index (κ3) is 4.23. The van der Waals surface area contributed by atoms with Crippen LogP contribution in [0.25, 0.3) is 0 Å². The van der Waals surface area contributed by atoms with Crippen LogP contribution in [-0.4, -0.2) is 61.4 Å². The number of morpholine rings is 1. The Balaban J connectivity index is 1.69. The average molecular weight is 398 g/mol. The number of anilines is 1. The molecule has 2 heterocycles. The second kappa shape index (κ2) is 8.16. The van der Waals surface area contributed by atoms with Gasteiger partial charge in [-0.25, -0.2) is 8.42 Å². The van der Waals surface area contributed by atoms with Crippen molar-refractivity contribution in [3.8, 4) is 0 Å². The summed E-state index contributed by atoms with van der Waals surface area (Å²) in [6.07, 6.45) is 1.90. The van der Waals surface area contributed by atoms with E-state index in [1.807, 2.05) is 6.26 Å². The van der Waals surface area contributed by atoms with Crippen LogP contribution >= 0.6 is 11.8 Å². The normalized spacial score (nSPS) is 15.7. The SMILES string of the molecule is CSCc1nnc(NC(=O)c2ccc(S(=O)(=O)N3CCOCC3)cc2)o1. The minimum Gasteiger partial charge on any atom is -0.407 e. The number of thioether (sulfide) groups is 1. The van der Waals surface area contributed by atoms with Gasteiger partial charge < -0.3 is 9.15 Å². The van der Waals surface area contributed by atoms with E-state index in [1.54, 1.807) is 0 Å². The van der Waals surface area contributed by atoms with Gasteiger partial charge in [-0.1, -0.05) is 5.10 Å². The molecule has 0 unspecified atom stereocenters. The van der Waals surface area contributed by atoms with Crippen LogP contribution in [-0.2, 0) is 20.5 Å². The second-order valence-electron chi connectivity index (χ2n) is 5.43. The summed E-state index contributed by atoms with van der Waals surface area (Å²) in [6, 6.07) is 5.72. The predicted molar refractivity (Wildman–Crippen MR) is 95.5 cm³/mol. The van der Waals surface area contributed by atoms with Crippen molar-refractivity contribution in [2.45, 2.75) is 10.6 Å². The van der Waals surface area contributed by atoms with E-state index in [0.717, 1.165) is 0 Å². The molecule has 0 aliphatic carbocycles. The highest BCUT2D eigenvalue weighted by Gasteiger charge is 2.26. The Morgan fingerprint density at radius 1 is 1.23 bits per heavy atom. The molecule has 1 N–H and O–H groups in total. The molecule has 0 bridgehead atoms. The highest BCUT2D eigenvalue weighted by atomic mass is 32.2. The molecule has 1 aromatic carbocycles. The monoisotopic (exact) mass is 398 g/mol. The Kier molecular flexibility index (Phi) is 5.91. The lowest BCUT2D eigenvalue weighted by atomic mass is 10.2. The van der Waals surface area contributed by atoms with Gasteiger partial charge in [0.25, 0.3) is 5.91 Å². The molecule has 1 amide bonds. The van der Waals surface area contributed by atoms with E-state index in [9.17, 15) is 13.2 Å². The molecule has 11 heteroatoms. The van der Waals surface area contributed by atoms with Gasteiger partial charge in [-0.05, 0) is 30.5 Å². The Morgan fingerprint density at radius 2 is 1.92 bits per heavy atom. The zero-order valence-corrected chi connectivity index (χ0v) is 15.7. The lowest BCUT2D eigenvalue weighted by Crippen LogP contribution is -2.40. The Labute approximate surface area is 155 Å². The van der Waals surface area contributed by atoms with Gasteiger partial charge in [-0.15, -0.1) is 5.10 Å². The zero-order chi connectivity index (χ0) is 18.6. The van der Waals surface area contributed by atoms with Gasteiger partial charge in [0.2, 0.25) is 15.9 Å². The molecule has 1 aromatic heterocycles. The number of hydrogen-bond donors (Lipinski definition) is 1. The molecule has 140 valence electrons. The van der Waals surface area contributed by atoms with E-state index in [4.69, 9.17) is 9.15 Å². The first-order valence-electron chi connectivity index (χ1n) is 7.81. The van der Waals surface area contributed by atoms with Gasteiger partial charge in [-0.2, -0.15) is 16.1 Å². The highest BCUT2D eigenvalue weighted by molar-refractivity contribution is 7.97. The van der Waals surface area contributed by atoms with Gasteiger partial charge in [0.1, 0.15) is 0 Å². The van der Waals surface area contributed by atoms with Crippen molar-refractivity contribution in [2.75, 3.05) is 37.9 Å². The van der Waals surface area contributed by atoms with Crippen LogP contribution in [0.1, 0.15) is 16.2 Å². The van der Waals surface area contributed by atoms with Crippen molar-refractivity contribution in [3.05, 3.63) is 35.7 Å². The first-order valence-corrected chi connectivity index (χ1v) is 10.6. The molecule has 0 atom stereocenters. The van der Waals surface area contributed by atoms with E-state index in [-0.39, 0.29) is 16.5 Å². The third-order valence-corrected chi connectivity index (χ3v) is 6.13. The van der Waals surface area contributed by atoms with Crippen molar-refractivity contribution in [1.29, 1.82) is 0 Å². The molecule has 1 aliphatic rings. The second-order valence-corrected chi connectivity index (χ2v) is 8.23. The molecular weight excluding hydrogens is 380 g/mol. The number of nitrogens with zero attached hydrogens (tertiary/aromatic N) is 3. The van der Waals surface area contributed by atoms with Gasteiger partial charge in [-0.3, -0.25) is 10.1 Å². The van der Waals surface area contributed by atoms with Gasteiger partial charge in [0, 0.05) is 18.7 Å². The van der Waals surface area contributed by atoms with Crippen LogP contribution in [0.2, 0.25) is 0 Å². The molecule has 0 spiro atoms. The van der Waals surface area contributed by atoms with Gasteiger partial charge in [0.15, 0.2) is 0 Å². The van der Waals surface area contributed by atoms with Gasteiger partial charge >= 0.3 is 6.01 Å². The maximum atomic E-state index is 12.6. The van der Waals surface area contributed by atoms with Crippen molar-refractivity contribution in [1.82, 2.24) is 14.5 Å². The largest absolute Gasteiger partial charge is 0.407 e. The molecule has 0 saturated carbocycles. The lowest BCUT2D eigenvalue weighted by Gasteiger charge is -2.26. The fraction of sp³-hybridized carbons (Fsp3) is 0.400. The Morgan fingerprint density at radius 3 is 2.58 bits per heavy atom. The van der Waals surface area contributed by atoms with Crippen LogP contribution in [0.5, 0.6) is 0 Å². The quantitative estimate of drug-likeness (QED) is 0.772. The number of amides is 1. The lowest BCUT2D eigenvalue weighted by molar-refractivity contribution is 0.0730. The summed E-state index contributed by atoms with van der Waals surface area (Å²) >= 11 is 1.52. The van der Waals surface area contributed by atoms with Crippen LogP contribution in [0.15, 0.2) is 33.6 Å². The van der Waals surface area contributed by atoms with Crippen LogP contribution in [0, 0.1) is 0 Å². The molecule has 1 aliphatic heterocycles. The number of ether oxygens (including phenoxy) is 1. The first kappa shape index (κ1) is 18.8. The van der Waals surface area contributed by atoms with Crippen molar-refractivity contribution >= 4 is 33.7 Å². The molecule has 3 rings (SSSR count). The minimum atomic E-state index is -3.59. The Hall–Kier alpha value is -1.95. The molecular formula is C15H18N4O5S2. The number of carbonyl (C=O) groups is 1. The molecule has 26 heavy (non-hydrogen) atoms. The standard InChI is InChI=1S/C15H18N4O5S2/c1-25-10-13-17-18-15(24-13)16-14(20)11-2-4-12(5-3-11)26(21,22)19-6-8-23-9-7-19/h2-5H,6-10H2,1H3,(H,16,18,20). The topological polar surface area (TPSA) is 115 Å². The number of benzene rings is 1. The summed E-state index contributed by atoms with van der Waals surface area (Å²) in [7, 11) is -3.59. The first-order chi connectivity index (χ1) is 12.5. The smallest absolute Gasteiger partial charge is 0.322 e. The zero-order valence-electron chi connectivity index (χ0n) is 14.0. The molecule has 9 nitrogen and oxygen atoms in total. The van der Waals surface area contributed by atoms with E-state index in [2.05, 4.69) is 15.5 Å². The van der Waals surface area contributed by atoms with Crippen molar-refractivity contribution in [2.24, 2.45) is 0 Å². The maximum Gasteiger partial charge on any atom is 0.322 e. The molecule has 1 saturated heterocycles. The molecule has 0 radical (unpaired) electrons. The van der Waals surface area contributed by atoms with Crippen LogP contribution in [0.4, 0.5) is 6.01 Å². The highest BCUT2D eigenvalue weighted by Crippen LogP contribution is 2.18. The summed E-state index contributed by atoms with van der Waals surface area (Å²) in [4.78, 5) is 12.4. The fourth-order valence-electron chi connectivity index (χ4n) is 2.37. The van der Waals surface area contributed by atoms with E-state index in [1.165, 1.54) is 40.3 Å². The van der Waals surface area contributed by atoms with Crippen molar-refractivity contribution < 1.29 is 22.4 Å². The molecule has 1 fully saturated rings. The van der Waals surface area contributed by atoms with Gasteiger partial charge in [0.05, 0.1) is 23.9 Å². The number of nitrogens with one attached hydrogen (secondary N) is 1. The van der Waals surface area contributed by atoms with Crippen molar-refractivity contribution in [3.63, 3.8) is 0 Å². The average Bonchev–Trinajstić information content (AvgIpc) is 3.10. The number of carbonyl (C=O) groups excluding carboxylic acids is 1. The number of rotatable bonds is 6. The van der Waals surface area contributed by atoms with E-state index in [0.29, 0.717) is 37.9 Å². The number of sulfonamides is 1. The number of hydrogen-bond acceptors (Lipinski definition) is 8. The summed E-state index contributed by atoms with van der Waals surface area (Å²) in [5.74, 6) is 0.510. The molecule has 2 aromatic rings. The summed E-state index contributed by atoms with van der Waals surface area (Å²) in [5, 5.41) is 10.0. The summed E-state index contributed by atoms with van der Waals surface area (Å²) in [6.45, 7) is 1.39. The van der Waals surface area contributed by atoms with E-state index < -0.39 is 15.9 Å². The number of aromatic nitrogens is 2. The fourth-order valence-corrected chi connectivity index (χ4v) is 4.14. The summed E-state index contributed by atoms with van der Waals surface area (Å²) in [5.41, 5.74) is 0.288. The predicted octanol–water partition coefficient (Wildman–Crippen LogP) is 1.21. The minimum absolute atomic E-state index is 0.00376. The van der Waals surface area contributed by atoms with Crippen LogP contribution in [0.3, 0.4) is 0 Å². The maximum absolute atomic E-state index is 12.6. The van der Waals surface area contributed by atoms with Crippen LogP contribution < -0.4 is 5.32 Å². The third-order valence-electron chi connectivity index (χ3n) is 3.68. The van der Waals surface area contributed by atoms with E-state index >= 15 is 0 Å². The Bertz CT molecular complexity index is 860. The summed E-state index contributed by atoms with van der Waals surface area (Å²) < 4.78 is 36.9.